The molecule has 1 aromatic heterocycles. The van der Waals surface area contributed by atoms with Crippen LogP contribution in [0.1, 0.15) is 16.1 Å². The smallest absolute Gasteiger partial charge is 0.276 e. The van der Waals surface area contributed by atoms with Crippen molar-refractivity contribution in [1.29, 1.82) is 5.26 Å². The van der Waals surface area contributed by atoms with E-state index in [4.69, 9.17) is 10.00 Å². The third kappa shape index (κ3) is 4.13. The van der Waals surface area contributed by atoms with E-state index in [-0.39, 0.29) is 11.6 Å². The van der Waals surface area contributed by atoms with Gasteiger partial charge in [0.25, 0.3) is 5.91 Å². The van der Waals surface area contributed by atoms with E-state index in [0.717, 1.165) is 5.69 Å². The first kappa shape index (κ1) is 16.9. The van der Waals surface area contributed by atoms with Crippen molar-refractivity contribution in [1.82, 2.24) is 10.2 Å². The predicted molar refractivity (Wildman–Crippen MR) is 97.4 cm³/mol. The fourth-order valence-corrected chi connectivity index (χ4v) is 2.17. The number of rotatable bonds is 5. The molecule has 0 saturated heterocycles. The van der Waals surface area contributed by atoms with E-state index in [1.807, 2.05) is 0 Å². The number of nitrogens with one attached hydrogen (secondary N) is 2. The molecule has 0 fully saturated rings. The monoisotopic (exact) mass is 345 g/mol. The Kier molecular flexibility index (Phi) is 5.05. The van der Waals surface area contributed by atoms with Crippen LogP contribution < -0.4 is 15.4 Å². The first-order valence-corrected chi connectivity index (χ1v) is 7.74. The second kappa shape index (κ2) is 7.77. The highest BCUT2D eigenvalue weighted by Gasteiger charge is 2.09. The molecule has 7 heteroatoms. The Hall–Kier alpha value is -3.92. The molecule has 0 spiro atoms. The van der Waals surface area contributed by atoms with Crippen molar-refractivity contribution in [2.45, 2.75) is 0 Å². The van der Waals surface area contributed by atoms with Gasteiger partial charge in [-0.2, -0.15) is 5.26 Å². The minimum absolute atomic E-state index is 0.200. The first-order chi connectivity index (χ1) is 12.7. The quantitative estimate of drug-likeness (QED) is 0.735. The summed E-state index contributed by atoms with van der Waals surface area (Å²) < 4.78 is 5.08. The number of carbonyl (C=O) groups excluding carboxylic acids is 1. The van der Waals surface area contributed by atoms with Crippen molar-refractivity contribution in [2.75, 3.05) is 17.7 Å². The third-order valence-electron chi connectivity index (χ3n) is 3.53. The van der Waals surface area contributed by atoms with Crippen molar-refractivity contribution in [3.63, 3.8) is 0 Å². The Morgan fingerprint density at radius 1 is 0.962 bits per heavy atom. The van der Waals surface area contributed by atoms with Crippen LogP contribution in [0.15, 0.2) is 60.7 Å². The SMILES string of the molecule is COc1ccc(NC(=O)c2ccc(Nc3ccc(C#N)cc3)nn2)cc1. The lowest BCUT2D eigenvalue weighted by Gasteiger charge is -2.07. The summed E-state index contributed by atoms with van der Waals surface area (Å²) in [5.74, 6) is 0.851. The van der Waals surface area contributed by atoms with Crippen LogP contribution in [0.3, 0.4) is 0 Å². The third-order valence-corrected chi connectivity index (χ3v) is 3.53. The van der Waals surface area contributed by atoms with Crippen LogP contribution in [0.2, 0.25) is 0 Å². The second-order valence-electron chi connectivity index (χ2n) is 5.30. The van der Waals surface area contributed by atoms with Gasteiger partial charge in [0.1, 0.15) is 5.75 Å². The molecule has 26 heavy (non-hydrogen) atoms. The molecule has 2 N–H and O–H groups in total. The topological polar surface area (TPSA) is 99.9 Å². The molecule has 3 aromatic rings. The molecule has 1 heterocycles. The highest BCUT2D eigenvalue weighted by atomic mass is 16.5. The summed E-state index contributed by atoms with van der Waals surface area (Å²) in [7, 11) is 1.58. The maximum atomic E-state index is 12.2. The highest BCUT2D eigenvalue weighted by Crippen LogP contribution is 2.17. The van der Waals surface area contributed by atoms with E-state index >= 15 is 0 Å². The van der Waals surface area contributed by atoms with E-state index in [1.54, 1.807) is 67.8 Å². The van der Waals surface area contributed by atoms with Crippen LogP contribution in [-0.4, -0.2) is 23.2 Å². The number of hydrogen-bond acceptors (Lipinski definition) is 6. The molecule has 2 aromatic carbocycles. The maximum Gasteiger partial charge on any atom is 0.276 e. The average Bonchev–Trinajstić information content (AvgIpc) is 2.69. The predicted octanol–water partition coefficient (Wildman–Crippen LogP) is 3.35. The zero-order valence-corrected chi connectivity index (χ0v) is 13.9. The largest absolute Gasteiger partial charge is 0.497 e. The number of hydrogen-bond donors (Lipinski definition) is 2. The minimum Gasteiger partial charge on any atom is -0.497 e. The molecule has 0 radical (unpaired) electrons. The van der Waals surface area contributed by atoms with E-state index in [0.29, 0.717) is 22.8 Å². The van der Waals surface area contributed by atoms with Crippen LogP contribution in [0.5, 0.6) is 5.75 Å². The summed E-state index contributed by atoms with van der Waals surface area (Å²) in [5, 5.41) is 22.5. The molecule has 3 rings (SSSR count). The summed E-state index contributed by atoms with van der Waals surface area (Å²) in [6.07, 6.45) is 0. The van der Waals surface area contributed by atoms with Crippen LogP contribution in [0.25, 0.3) is 0 Å². The van der Waals surface area contributed by atoms with Gasteiger partial charge in [0.15, 0.2) is 11.5 Å². The fraction of sp³-hybridized carbons (Fsp3) is 0.0526. The lowest BCUT2D eigenvalue weighted by molar-refractivity contribution is 0.102. The van der Waals surface area contributed by atoms with Crippen LogP contribution in [-0.2, 0) is 0 Å². The summed E-state index contributed by atoms with van der Waals surface area (Å²) >= 11 is 0. The number of benzene rings is 2. The number of aromatic nitrogens is 2. The molecule has 128 valence electrons. The number of ether oxygens (including phenoxy) is 1. The van der Waals surface area contributed by atoms with Gasteiger partial charge in [-0.1, -0.05) is 0 Å². The molecule has 0 saturated carbocycles. The van der Waals surface area contributed by atoms with Crippen LogP contribution >= 0.6 is 0 Å². The number of anilines is 3. The van der Waals surface area contributed by atoms with E-state index in [2.05, 4.69) is 26.9 Å². The normalized spacial score (nSPS) is 9.85. The average molecular weight is 345 g/mol. The van der Waals surface area contributed by atoms with E-state index in [9.17, 15) is 4.79 Å². The molecule has 0 unspecified atom stereocenters. The van der Waals surface area contributed by atoms with Gasteiger partial charge in [0.05, 0.1) is 18.7 Å². The molecular weight excluding hydrogens is 330 g/mol. The zero-order chi connectivity index (χ0) is 18.4. The van der Waals surface area contributed by atoms with E-state index < -0.39 is 0 Å². The number of methoxy groups -OCH3 is 1. The van der Waals surface area contributed by atoms with Gasteiger partial charge in [-0.3, -0.25) is 4.79 Å². The summed E-state index contributed by atoms with van der Waals surface area (Å²) in [4.78, 5) is 12.2. The Balaban J connectivity index is 1.64. The van der Waals surface area contributed by atoms with Crippen molar-refractivity contribution in [2.24, 2.45) is 0 Å². The molecule has 7 nitrogen and oxygen atoms in total. The standard InChI is InChI=1S/C19H15N5O2/c1-26-16-8-6-15(7-9-16)22-19(25)17-10-11-18(24-23-17)21-14-4-2-13(12-20)3-5-14/h2-11H,1H3,(H,21,24)(H,22,25). The summed E-state index contributed by atoms with van der Waals surface area (Å²) in [5.41, 5.74) is 2.18. The summed E-state index contributed by atoms with van der Waals surface area (Å²) in [6.45, 7) is 0. The second-order valence-corrected chi connectivity index (χ2v) is 5.30. The number of nitriles is 1. The van der Waals surface area contributed by atoms with Gasteiger partial charge in [-0.05, 0) is 60.7 Å². The Morgan fingerprint density at radius 2 is 1.65 bits per heavy atom. The minimum atomic E-state index is -0.354. The Bertz CT molecular complexity index is 930. The molecule has 0 aliphatic heterocycles. The lowest BCUT2D eigenvalue weighted by Crippen LogP contribution is -2.14. The molecule has 0 atom stereocenters. The van der Waals surface area contributed by atoms with Gasteiger partial charge >= 0.3 is 0 Å². The Morgan fingerprint density at radius 3 is 2.23 bits per heavy atom. The van der Waals surface area contributed by atoms with Crippen molar-refractivity contribution in [3.05, 3.63) is 71.9 Å². The lowest BCUT2D eigenvalue weighted by atomic mass is 10.2. The summed E-state index contributed by atoms with van der Waals surface area (Å²) in [6, 6.07) is 19.2. The molecule has 0 bridgehead atoms. The Labute approximate surface area is 150 Å². The number of amides is 1. The van der Waals surface area contributed by atoms with Crippen molar-refractivity contribution >= 4 is 23.1 Å². The first-order valence-electron chi connectivity index (χ1n) is 7.74. The van der Waals surface area contributed by atoms with Gasteiger partial charge < -0.3 is 15.4 Å². The van der Waals surface area contributed by atoms with Crippen LogP contribution in [0, 0.1) is 11.3 Å². The van der Waals surface area contributed by atoms with Gasteiger partial charge in [0, 0.05) is 11.4 Å². The molecule has 1 amide bonds. The maximum absolute atomic E-state index is 12.2. The van der Waals surface area contributed by atoms with Crippen LogP contribution in [0.4, 0.5) is 17.2 Å². The molecule has 0 aliphatic rings. The van der Waals surface area contributed by atoms with Gasteiger partial charge in [0.2, 0.25) is 0 Å². The molecule has 0 aliphatic carbocycles. The highest BCUT2D eigenvalue weighted by molar-refractivity contribution is 6.02. The fourth-order valence-electron chi connectivity index (χ4n) is 2.17. The van der Waals surface area contributed by atoms with Gasteiger partial charge in [-0.25, -0.2) is 0 Å². The number of carbonyl (C=O) groups is 1. The molecular formula is C19H15N5O2. The van der Waals surface area contributed by atoms with Gasteiger partial charge in [-0.15, -0.1) is 10.2 Å². The van der Waals surface area contributed by atoms with Crippen molar-refractivity contribution < 1.29 is 9.53 Å². The van der Waals surface area contributed by atoms with Crippen molar-refractivity contribution in [3.8, 4) is 11.8 Å². The zero-order valence-electron chi connectivity index (χ0n) is 13.9. The van der Waals surface area contributed by atoms with E-state index in [1.165, 1.54) is 0 Å². The number of nitrogens with zero attached hydrogens (tertiary/aromatic N) is 3.